The van der Waals surface area contributed by atoms with E-state index in [1.54, 1.807) is 32.0 Å². The lowest BCUT2D eigenvalue weighted by molar-refractivity contribution is -0.132. The number of nitrogens with zero attached hydrogens (tertiary/aromatic N) is 1. The number of nitrogens with two attached hydrogens (primary N) is 1. The van der Waals surface area contributed by atoms with Gasteiger partial charge in [0.25, 0.3) is 5.91 Å². The van der Waals surface area contributed by atoms with E-state index in [1.165, 1.54) is 14.2 Å². The normalized spacial score (nSPS) is 22.5. The Kier molecular flexibility index (Phi) is 4.27. The maximum atomic E-state index is 12.8. The van der Waals surface area contributed by atoms with Gasteiger partial charge in [-0.3, -0.25) is 9.69 Å². The van der Waals surface area contributed by atoms with Gasteiger partial charge in [-0.1, -0.05) is 0 Å². The van der Waals surface area contributed by atoms with Gasteiger partial charge in [0.15, 0.2) is 0 Å². The van der Waals surface area contributed by atoms with Crippen LogP contribution in [0.1, 0.15) is 19.4 Å². The zero-order chi connectivity index (χ0) is 16.5. The van der Waals surface area contributed by atoms with Crippen LogP contribution in [0.2, 0.25) is 0 Å². The highest BCUT2D eigenvalue weighted by atomic mass is 16.5. The summed E-state index contributed by atoms with van der Waals surface area (Å²) < 4.78 is 10.5. The molecule has 2 unspecified atom stereocenters. The van der Waals surface area contributed by atoms with Gasteiger partial charge in [0.05, 0.1) is 20.3 Å². The molecule has 1 fully saturated rings. The van der Waals surface area contributed by atoms with Crippen molar-refractivity contribution in [2.24, 2.45) is 5.73 Å². The van der Waals surface area contributed by atoms with Gasteiger partial charge in [-0.2, -0.15) is 0 Å². The summed E-state index contributed by atoms with van der Waals surface area (Å²) in [6, 6.07) is 4.27. The van der Waals surface area contributed by atoms with Crippen LogP contribution >= 0.6 is 0 Å². The van der Waals surface area contributed by atoms with E-state index in [0.717, 1.165) is 4.90 Å². The Hall–Kier alpha value is -2.28. The Bertz CT molecular complexity index is 604. The van der Waals surface area contributed by atoms with Crippen LogP contribution in [0.15, 0.2) is 18.2 Å². The van der Waals surface area contributed by atoms with Crippen molar-refractivity contribution in [2.75, 3.05) is 20.8 Å². The molecule has 1 aliphatic rings. The van der Waals surface area contributed by atoms with E-state index in [-0.39, 0.29) is 18.5 Å². The molecule has 0 saturated carbocycles. The van der Waals surface area contributed by atoms with E-state index < -0.39 is 11.6 Å². The van der Waals surface area contributed by atoms with Crippen LogP contribution in [0, 0.1) is 0 Å². The number of urea groups is 1. The Morgan fingerprint density at radius 2 is 2.00 bits per heavy atom. The molecule has 1 aromatic rings. The molecule has 7 nitrogen and oxygen atoms in total. The van der Waals surface area contributed by atoms with Crippen molar-refractivity contribution in [1.29, 1.82) is 0 Å². The number of hydrogen-bond donors (Lipinski definition) is 2. The summed E-state index contributed by atoms with van der Waals surface area (Å²) in [6.07, 6.45) is 0. The third-order valence-corrected chi connectivity index (χ3v) is 3.95. The molecule has 7 heteroatoms. The lowest BCUT2D eigenvalue weighted by Gasteiger charge is -2.26. The number of imide groups is 1. The molecule has 2 atom stereocenters. The largest absolute Gasteiger partial charge is 0.497 e. The molecular weight excluding hydrogens is 286 g/mol. The summed E-state index contributed by atoms with van der Waals surface area (Å²) in [5.41, 5.74) is 4.91. The van der Waals surface area contributed by atoms with Gasteiger partial charge < -0.3 is 20.5 Å². The van der Waals surface area contributed by atoms with Crippen molar-refractivity contribution in [3.63, 3.8) is 0 Å². The SMILES string of the molecule is COc1ccc(OC)c(C2(C)NC(=O)N(C(C)CN)C2=O)c1. The molecule has 0 spiro atoms. The summed E-state index contributed by atoms with van der Waals surface area (Å²) in [7, 11) is 3.04. The highest BCUT2D eigenvalue weighted by molar-refractivity contribution is 6.07. The molecule has 22 heavy (non-hydrogen) atoms. The van der Waals surface area contributed by atoms with Gasteiger partial charge in [-0.15, -0.1) is 0 Å². The zero-order valence-electron chi connectivity index (χ0n) is 13.2. The lowest BCUT2D eigenvalue weighted by Crippen LogP contribution is -2.45. The Balaban J connectivity index is 2.52. The number of carbonyl (C=O) groups excluding carboxylic acids is 2. The second kappa shape index (κ2) is 5.84. The van der Waals surface area contributed by atoms with E-state index in [4.69, 9.17) is 15.2 Å². The quantitative estimate of drug-likeness (QED) is 0.785. The molecule has 1 heterocycles. The maximum Gasteiger partial charge on any atom is 0.325 e. The van der Waals surface area contributed by atoms with Crippen LogP contribution in [0.4, 0.5) is 4.79 Å². The van der Waals surface area contributed by atoms with E-state index in [0.29, 0.717) is 17.1 Å². The molecule has 0 aliphatic carbocycles. The summed E-state index contributed by atoms with van der Waals surface area (Å²) in [5, 5.41) is 2.73. The van der Waals surface area contributed by atoms with Crippen LogP contribution in [0.25, 0.3) is 0 Å². The maximum absolute atomic E-state index is 12.8. The summed E-state index contributed by atoms with van der Waals surface area (Å²) >= 11 is 0. The van der Waals surface area contributed by atoms with E-state index in [9.17, 15) is 9.59 Å². The predicted octanol–water partition coefficient (Wildman–Crippen LogP) is 0.818. The predicted molar refractivity (Wildman–Crippen MR) is 80.8 cm³/mol. The molecule has 3 N–H and O–H groups in total. The second-order valence-electron chi connectivity index (χ2n) is 5.38. The van der Waals surface area contributed by atoms with E-state index in [2.05, 4.69) is 5.32 Å². The van der Waals surface area contributed by atoms with Crippen molar-refractivity contribution < 1.29 is 19.1 Å². The highest BCUT2D eigenvalue weighted by Crippen LogP contribution is 2.37. The number of ether oxygens (including phenoxy) is 2. The lowest BCUT2D eigenvalue weighted by atomic mass is 9.90. The molecule has 0 bridgehead atoms. The van der Waals surface area contributed by atoms with Crippen molar-refractivity contribution in [3.8, 4) is 11.5 Å². The molecular formula is C15H21N3O4. The zero-order valence-corrected chi connectivity index (χ0v) is 13.2. The minimum atomic E-state index is -1.22. The molecule has 3 amide bonds. The van der Waals surface area contributed by atoms with Gasteiger partial charge in [0, 0.05) is 12.1 Å². The highest BCUT2D eigenvalue weighted by Gasteiger charge is 2.51. The molecule has 1 saturated heterocycles. The monoisotopic (exact) mass is 307 g/mol. The third kappa shape index (κ3) is 2.37. The fraction of sp³-hybridized carbons (Fsp3) is 0.467. The Morgan fingerprint density at radius 3 is 2.55 bits per heavy atom. The first kappa shape index (κ1) is 16.1. The minimum Gasteiger partial charge on any atom is -0.497 e. The average molecular weight is 307 g/mol. The number of rotatable bonds is 5. The van der Waals surface area contributed by atoms with Crippen molar-refractivity contribution in [1.82, 2.24) is 10.2 Å². The Labute approximate surface area is 129 Å². The standard InChI is InChI=1S/C15H21N3O4/c1-9(8-16)18-13(19)15(2,17-14(18)20)11-7-10(21-3)5-6-12(11)22-4/h5-7,9H,8,16H2,1-4H3,(H,17,20). The number of methoxy groups -OCH3 is 2. The number of hydrogen-bond acceptors (Lipinski definition) is 5. The van der Waals surface area contributed by atoms with Gasteiger partial charge in [0.1, 0.15) is 17.0 Å². The fourth-order valence-corrected chi connectivity index (χ4v) is 2.55. The summed E-state index contributed by atoms with van der Waals surface area (Å²) in [5.74, 6) is 0.714. The topological polar surface area (TPSA) is 93.9 Å². The van der Waals surface area contributed by atoms with Crippen LogP contribution in [-0.2, 0) is 10.3 Å². The van der Waals surface area contributed by atoms with E-state index >= 15 is 0 Å². The van der Waals surface area contributed by atoms with Gasteiger partial charge in [0.2, 0.25) is 0 Å². The van der Waals surface area contributed by atoms with Crippen LogP contribution in [0.5, 0.6) is 11.5 Å². The van der Waals surface area contributed by atoms with E-state index in [1.807, 2.05) is 0 Å². The average Bonchev–Trinajstić information content (AvgIpc) is 2.76. The fourth-order valence-electron chi connectivity index (χ4n) is 2.55. The number of nitrogens with one attached hydrogen (secondary N) is 1. The molecule has 0 radical (unpaired) electrons. The summed E-state index contributed by atoms with van der Waals surface area (Å²) in [6.45, 7) is 3.57. The van der Waals surface area contributed by atoms with Crippen LogP contribution in [0.3, 0.4) is 0 Å². The Morgan fingerprint density at radius 1 is 1.32 bits per heavy atom. The van der Waals surface area contributed by atoms with Crippen molar-refractivity contribution >= 4 is 11.9 Å². The van der Waals surface area contributed by atoms with Crippen molar-refractivity contribution in [2.45, 2.75) is 25.4 Å². The number of amides is 3. The van der Waals surface area contributed by atoms with Gasteiger partial charge in [-0.05, 0) is 32.0 Å². The number of carbonyl (C=O) groups is 2. The first-order valence-corrected chi connectivity index (χ1v) is 6.97. The molecule has 120 valence electrons. The number of benzene rings is 1. The molecule has 0 aromatic heterocycles. The molecule has 1 aromatic carbocycles. The second-order valence-corrected chi connectivity index (χ2v) is 5.38. The van der Waals surface area contributed by atoms with Crippen LogP contribution < -0.4 is 20.5 Å². The van der Waals surface area contributed by atoms with Gasteiger partial charge in [-0.25, -0.2) is 4.79 Å². The van der Waals surface area contributed by atoms with Crippen LogP contribution in [-0.4, -0.2) is 43.6 Å². The first-order chi connectivity index (χ1) is 10.4. The molecule has 1 aliphatic heterocycles. The smallest absolute Gasteiger partial charge is 0.325 e. The van der Waals surface area contributed by atoms with Crippen molar-refractivity contribution in [3.05, 3.63) is 23.8 Å². The minimum absolute atomic E-state index is 0.199. The molecule has 2 rings (SSSR count). The van der Waals surface area contributed by atoms with Gasteiger partial charge >= 0.3 is 6.03 Å². The third-order valence-electron chi connectivity index (χ3n) is 3.95. The first-order valence-electron chi connectivity index (χ1n) is 6.97. The summed E-state index contributed by atoms with van der Waals surface area (Å²) in [4.78, 5) is 26.1.